The Morgan fingerprint density at radius 1 is 0.947 bits per heavy atom. The average molecular weight is 252 g/mol. The highest BCUT2D eigenvalue weighted by Gasteiger charge is 2.27. The smallest absolute Gasteiger partial charge is 0.0476 e. The summed E-state index contributed by atoms with van der Waals surface area (Å²) in [4.78, 5) is 0. The van der Waals surface area contributed by atoms with Crippen molar-refractivity contribution in [2.24, 2.45) is 0 Å². The largest absolute Gasteiger partial charge is 0.309 e. The van der Waals surface area contributed by atoms with Gasteiger partial charge in [0.15, 0.2) is 0 Å². The number of benzene rings is 2. The zero-order valence-electron chi connectivity index (χ0n) is 11.0. The fourth-order valence-corrected chi connectivity index (χ4v) is 2.78. The van der Waals surface area contributed by atoms with Crippen LogP contribution in [0.2, 0.25) is 0 Å². The minimum Gasteiger partial charge on any atom is -0.309 e. The zero-order valence-corrected chi connectivity index (χ0v) is 11.0. The van der Waals surface area contributed by atoms with E-state index in [1.165, 1.54) is 17.5 Å². The molecule has 0 saturated carbocycles. The normalized spacial score (nSPS) is 22.5. The highest BCUT2D eigenvalue weighted by molar-refractivity contribution is 5.22. The summed E-state index contributed by atoms with van der Waals surface area (Å²) in [6, 6.07) is 22.3. The Hall–Kier alpha value is -1.64. The minimum atomic E-state index is 0.435. The third kappa shape index (κ3) is 3.03. The van der Waals surface area contributed by atoms with Crippen LogP contribution in [0.4, 0.5) is 0 Å². The van der Waals surface area contributed by atoms with Gasteiger partial charge in [0.25, 0.3) is 0 Å². The van der Waals surface area contributed by atoms with Gasteiger partial charge in [-0.3, -0.25) is 0 Å². The van der Waals surface area contributed by atoms with Gasteiger partial charge in [0.05, 0.1) is 0 Å². The van der Waals surface area contributed by atoms with Crippen LogP contribution in [0.3, 0.4) is 0 Å². The molecular formula is C17H20N2. The van der Waals surface area contributed by atoms with E-state index in [1.54, 1.807) is 0 Å². The third-order valence-corrected chi connectivity index (χ3v) is 3.79. The van der Waals surface area contributed by atoms with Crippen molar-refractivity contribution < 1.29 is 0 Å². The topological polar surface area (TPSA) is 24.1 Å². The maximum atomic E-state index is 3.68. The Labute approximate surface area is 114 Å². The van der Waals surface area contributed by atoms with Crippen molar-refractivity contribution >= 4 is 0 Å². The first-order chi connectivity index (χ1) is 9.43. The van der Waals surface area contributed by atoms with Gasteiger partial charge in [0, 0.05) is 18.6 Å². The second-order valence-corrected chi connectivity index (χ2v) is 5.10. The van der Waals surface area contributed by atoms with Crippen LogP contribution >= 0.6 is 0 Å². The lowest BCUT2D eigenvalue weighted by Crippen LogP contribution is -2.33. The van der Waals surface area contributed by atoms with Crippen molar-refractivity contribution in [3.63, 3.8) is 0 Å². The van der Waals surface area contributed by atoms with Gasteiger partial charge in [0.1, 0.15) is 0 Å². The molecule has 2 aromatic rings. The van der Waals surface area contributed by atoms with Crippen LogP contribution < -0.4 is 10.6 Å². The molecule has 0 radical (unpaired) electrons. The van der Waals surface area contributed by atoms with Gasteiger partial charge in [-0.05, 0) is 24.1 Å². The Kier molecular flexibility index (Phi) is 3.92. The summed E-state index contributed by atoms with van der Waals surface area (Å²) >= 11 is 0. The molecule has 1 saturated heterocycles. The lowest BCUT2D eigenvalue weighted by molar-refractivity contribution is 0.461. The molecule has 0 bridgehead atoms. The van der Waals surface area contributed by atoms with E-state index in [2.05, 4.69) is 71.3 Å². The quantitative estimate of drug-likeness (QED) is 0.874. The number of rotatable bonds is 4. The predicted octanol–water partition coefficient (Wildman–Crippen LogP) is 2.88. The van der Waals surface area contributed by atoms with Crippen molar-refractivity contribution in [2.75, 3.05) is 6.54 Å². The first kappa shape index (κ1) is 12.4. The number of hydrogen-bond donors (Lipinski definition) is 2. The molecule has 0 aromatic heterocycles. The van der Waals surface area contributed by atoms with Crippen molar-refractivity contribution in [2.45, 2.75) is 25.0 Å². The molecule has 0 unspecified atom stereocenters. The maximum absolute atomic E-state index is 3.68. The molecule has 2 atom stereocenters. The van der Waals surface area contributed by atoms with E-state index in [-0.39, 0.29) is 0 Å². The molecule has 3 rings (SSSR count). The van der Waals surface area contributed by atoms with Crippen LogP contribution in [0.25, 0.3) is 0 Å². The van der Waals surface area contributed by atoms with Crippen LogP contribution in [0.15, 0.2) is 60.7 Å². The van der Waals surface area contributed by atoms with E-state index in [4.69, 9.17) is 0 Å². The molecule has 1 aliphatic rings. The molecule has 0 spiro atoms. The molecule has 0 aliphatic carbocycles. The van der Waals surface area contributed by atoms with Crippen molar-refractivity contribution in [1.29, 1.82) is 0 Å². The monoisotopic (exact) mass is 252 g/mol. The van der Waals surface area contributed by atoms with E-state index in [0.29, 0.717) is 12.1 Å². The van der Waals surface area contributed by atoms with Gasteiger partial charge in [-0.2, -0.15) is 0 Å². The second-order valence-electron chi connectivity index (χ2n) is 5.10. The Bertz CT molecular complexity index is 495. The molecule has 2 aromatic carbocycles. The van der Waals surface area contributed by atoms with Gasteiger partial charge >= 0.3 is 0 Å². The fraction of sp³-hybridized carbons (Fsp3) is 0.294. The molecule has 1 aliphatic heterocycles. The summed E-state index contributed by atoms with van der Waals surface area (Å²) < 4.78 is 0. The average Bonchev–Trinajstić information content (AvgIpc) is 2.95. The minimum absolute atomic E-state index is 0.435. The number of hydrogen-bond acceptors (Lipinski definition) is 2. The molecule has 2 heteroatoms. The second kappa shape index (κ2) is 6.00. The van der Waals surface area contributed by atoms with Gasteiger partial charge in [-0.15, -0.1) is 0 Å². The summed E-state index contributed by atoms with van der Waals surface area (Å²) in [5.74, 6) is 0. The first-order valence-electron chi connectivity index (χ1n) is 6.99. The molecule has 2 N–H and O–H groups in total. The van der Waals surface area contributed by atoms with Gasteiger partial charge < -0.3 is 10.6 Å². The molecule has 19 heavy (non-hydrogen) atoms. The van der Waals surface area contributed by atoms with Crippen LogP contribution in [0, 0.1) is 0 Å². The molecule has 0 amide bonds. The maximum Gasteiger partial charge on any atom is 0.0476 e. The standard InChI is InChI=1S/C17H20N2/c1-3-7-14(8-4-1)13-19-16-11-12-18-17(16)15-9-5-2-6-10-15/h1-10,16-19H,11-13H2/t16-,17+/m0/s1. The van der Waals surface area contributed by atoms with Crippen molar-refractivity contribution in [3.8, 4) is 0 Å². The summed E-state index contributed by atoms with van der Waals surface area (Å²) in [5.41, 5.74) is 2.73. The van der Waals surface area contributed by atoms with E-state index in [0.717, 1.165) is 13.1 Å². The molecule has 1 heterocycles. The zero-order chi connectivity index (χ0) is 12.9. The lowest BCUT2D eigenvalue weighted by atomic mass is 10.0. The SMILES string of the molecule is c1ccc(CN[C@H]2CCN[C@@H]2c2ccccc2)cc1. The van der Waals surface area contributed by atoms with Crippen molar-refractivity contribution in [1.82, 2.24) is 10.6 Å². The van der Waals surface area contributed by atoms with Gasteiger partial charge in [-0.1, -0.05) is 60.7 Å². The van der Waals surface area contributed by atoms with Gasteiger partial charge in [-0.25, -0.2) is 0 Å². The molecular weight excluding hydrogens is 232 g/mol. The Morgan fingerprint density at radius 3 is 2.37 bits per heavy atom. The highest BCUT2D eigenvalue weighted by Crippen LogP contribution is 2.23. The van der Waals surface area contributed by atoms with Gasteiger partial charge in [0.2, 0.25) is 0 Å². The Morgan fingerprint density at radius 2 is 1.63 bits per heavy atom. The van der Waals surface area contributed by atoms with Crippen LogP contribution in [-0.2, 0) is 6.54 Å². The van der Waals surface area contributed by atoms with Crippen molar-refractivity contribution in [3.05, 3.63) is 71.8 Å². The van der Waals surface area contributed by atoms with E-state index in [1.807, 2.05) is 0 Å². The van der Waals surface area contributed by atoms with Crippen LogP contribution in [-0.4, -0.2) is 12.6 Å². The predicted molar refractivity (Wildman–Crippen MR) is 78.9 cm³/mol. The molecule has 98 valence electrons. The fourth-order valence-electron chi connectivity index (χ4n) is 2.78. The summed E-state index contributed by atoms with van der Waals surface area (Å²) in [6.45, 7) is 2.03. The summed E-state index contributed by atoms with van der Waals surface area (Å²) in [5, 5.41) is 7.28. The van der Waals surface area contributed by atoms with E-state index in [9.17, 15) is 0 Å². The lowest BCUT2D eigenvalue weighted by Gasteiger charge is -2.21. The third-order valence-electron chi connectivity index (χ3n) is 3.79. The van der Waals surface area contributed by atoms with Crippen LogP contribution in [0.1, 0.15) is 23.6 Å². The molecule has 1 fully saturated rings. The molecule has 2 nitrogen and oxygen atoms in total. The number of nitrogens with one attached hydrogen (secondary N) is 2. The first-order valence-corrected chi connectivity index (χ1v) is 6.99. The van der Waals surface area contributed by atoms with Crippen LogP contribution in [0.5, 0.6) is 0 Å². The highest BCUT2D eigenvalue weighted by atomic mass is 15.1. The summed E-state index contributed by atoms with van der Waals surface area (Å²) in [6.07, 6.45) is 1.19. The Balaban J connectivity index is 1.64. The summed E-state index contributed by atoms with van der Waals surface area (Å²) in [7, 11) is 0. The van der Waals surface area contributed by atoms with E-state index >= 15 is 0 Å². The van der Waals surface area contributed by atoms with E-state index < -0.39 is 0 Å².